The van der Waals surface area contributed by atoms with E-state index < -0.39 is 47.9 Å². The van der Waals surface area contributed by atoms with Gasteiger partial charge in [0.05, 0.1) is 0 Å². The molecule has 2 heterocycles. The third kappa shape index (κ3) is 3.20. The molecule has 0 unspecified atom stereocenters. The van der Waals surface area contributed by atoms with Gasteiger partial charge in [0, 0.05) is 24.9 Å². The van der Waals surface area contributed by atoms with Gasteiger partial charge in [-0.15, -0.1) is 0 Å². The van der Waals surface area contributed by atoms with E-state index in [-0.39, 0.29) is 9.36 Å². The van der Waals surface area contributed by atoms with E-state index in [0.717, 1.165) is 0 Å². The van der Waals surface area contributed by atoms with Gasteiger partial charge in [0.2, 0.25) is 0 Å². The smallest absolute Gasteiger partial charge is 0.423 e. The predicted molar refractivity (Wildman–Crippen MR) is 65.1 cm³/mol. The third-order valence-corrected chi connectivity index (χ3v) is 3.07. The van der Waals surface area contributed by atoms with Gasteiger partial charge in [0.25, 0.3) is 0 Å². The normalized spacial score (nSPS) is 13.4. The number of alkyl halides is 8. The molecule has 0 aliphatic carbocycles. The number of halogens is 8. The Labute approximate surface area is 133 Å². The van der Waals surface area contributed by atoms with Crippen LogP contribution in [0.3, 0.4) is 0 Å². The van der Waals surface area contributed by atoms with Crippen LogP contribution in [0.4, 0.5) is 35.1 Å². The van der Waals surface area contributed by atoms with Gasteiger partial charge in [-0.05, 0) is 0 Å². The van der Waals surface area contributed by atoms with Crippen LogP contribution in [0.25, 0.3) is 5.82 Å². The highest BCUT2D eigenvalue weighted by atomic mass is 19.4. The Bertz CT molecular complexity index is 779. The maximum atomic E-state index is 13.5. The van der Waals surface area contributed by atoms with Gasteiger partial charge in [0.15, 0.2) is 11.5 Å². The van der Waals surface area contributed by atoms with Gasteiger partial charge in [-0.2, -0.15) is 45.3 Å². The maximum absolute atomic E-state index is 13.5. The molecule has 0 radical (unpaired) electrons. The first-order chi connectivity index (χ1) is 11.2. The lowest BCUT2D eigenvalue weighted by Crippen LogP contribution is -2.36. The number of hydrogen-bond acceptors (Lipinski definition) is 4. The topological polar surface area (TPSA) is 76.1 Å². The highest BCUT2D eigenvalue weighted by Crippen LogP contribution is 2.49. The summed E-state index contributed by atoms with van der Waals surface area (Å²) in [5.41, 5.74) is -5.30. The second-order valence-electron chi connectivity index (χ2n) is 4.83. The molecule has 0 saturated heterocycles. The Kier molecular flexibility index (Phi) is 4.36. The Morgan fingerprint density at radius 1 is 1.04 bits per heavy atom. The molecule has 2 N–H and O–H groups in total. The summed E-state index contributed by atoms with van der Waals surface area (Å²) in [6.45, 7) is 0. The molecule has 0 aromatic carbocycles. The molecule has 0 atom stereocenters. The first-order valence-corrected chi connectivity index (χ1v) is 6.18. The highest BCUT2D eigenvalue weighted by molar-refractivity contribution is 6.58. The van der Waals surface area contributed by atoms with Crippen molar-refractivity contribution in [3.63, 3.8) is 0 Å². The summed E-state index contributed by atoms with van der Waals surface area (Å²) in [6, 6.07) is 0. The van der Waals surface area contributed by atoms with Crippen molar-refractivity contribution in [3.05, 3.63) is 23.7 Å². The average Bonchev–Trinajstić information content (AvgIpc) is 3.00. The monoisotopic (exact) mass is 378 g/mol. The molecule has 25 heavy (non-hydrogen) atoms. The summed E-state index contributed by atoms with van der Waals surface area (Å²) in [6.07, 6.45) is -10.6. The van der Waals surface area contributed by atoms with Crippen molar-refractivity contribution in [2.45, 2.75) is 18.3 Å². The van der Waals surface area contributed by atoms with Crippen molar-refractivity contribution in [1.29, 1.82) is 0 Å². The van der Waals surface area contributed by atoms with Crippen molar-refractivity contribution < 1.29 is 45.2 Å². The third-order valence-electron chi connectivity index (χ3n) is 3.07. The fourth-order valence-electron chi connectivity index (χ4n) is 1.98. The minimum Gasteiger partial charge on any atom is -0.423 e. The lowest BCUT2D eigenvalue weighted by molar-refractivity contribution is -0.292. The van der Waals surface area contributed by atoms with Crippen LogP contribution in [0, 0.1) is 0 Å². The second kappa shape index (κ2) is 5.69. The number of aromatic nitrogens is 4. The van der Waals surface area contributed by atoms with Gasteiger partial charge in [-0.25, -0.2) is 9.36 Å². The summed E-state index contributed by atoms with van der Waals surface area (Å²) in [5.74, 6) is -7.13. The van der Waals surface area contributed by atoms with Crippen LogP contribution in [0.5, 0.6) is 0 Å². The van der Waals surface area contributed by atoms with Crippen LogP contribution >= 0.6 is 0 Å². The van der Waals surface area contributed by atoms with E-state index in [1.54, 1.807) is 0 Å². The van der Waals surface area contributed by atoms with E-state index in [1.807, 2.05) is 0 Å². The molecule has 6 nitrogen and oxygen atoms in total. The molecule has 0 amide bonds. The minimum absolute atomic E-state index is 0.137. The highest BCUT2D eigenvalue weighted by Gasteiger charge is 2.64. The van der Waals surface area contributed by atoms with Crippen LogP contribution in [-0.4, -0.2) is 42.9 Å². The standard InChI is InChI=1S/C10H7BF8N4O2/c1-22-7(23-3-4(2-20-23)11(24)25)5(9(14,15)16)6(21-22)8(12,13)10(17,18)19/h2-3,24-25H,1H3. The van der Waals surface area contributed by atoms with E-state index in [1.165, 1.54) is 0 Å². The molecule has 2 rings (SSSR count). The molecule has 0 spiro atoms. The van der Waals surface area contributed by atoms with Crippen LogP contribution in [-0.2, 0) is 19.1 Å². The number of aryl methyl sites for hydroxylation is 1. The van der Waals surface area contributed by atoms with E-state index >= 15 is 0 Å². The Balaban J connectivity index is 2.78. The summed E-state index contributed by atoms with van der Waals surface area (Å²) in [7, 11) is -1.44. The lowest BCUT2D eigenvalue weighted by atomic mass is 9.83. The molecule has 0 aliphatic heterocycles. The fourth-order valence-corrected chi connectivity index (χ4v) is 1.98. The zero-order valence-corrected chi connectivity index (χ0v) is 11.9. The van der Waals surface area contributed by atoms with Crippen molar-refractivity contribution >= 4 is 12.6 Å². The van der Waals surface area contributed by atoms with E-state index in [9.17, 15) is 35.1 Å². The van der Waals surface area contributed by atoms with Crippen LogP contribution < -0.4 is 5.46 Å². The number of hydrogen-bond donors (Lipinski definition) is 2. The number of rotatable bonds is 3. The quantitative estimate of drug-likeness (QED) is 0.617. The maximum Gasteiger partial charge on any atom is 0.491 e. The lowest BCUT2D eigenvalue weighted by Gasteiger charge is -2.19. The molecule has 2 aromatic rings. The first kappa shape index (κ1) is 19.2. The first-order valence-electron chi connectivity index (χ1n) is 6.18. The second-order valence-corrected chi connectivity index (χ2v) is 4.83. The fraction of sp³-hybridized carbons (Fsp3) is 0.400. The van der Waals surface area contributed by atoms with Gasteiger partial charge in [-0.3, -0.25) is 0 Å². The largest absolute Gasteiger partial charge is 0.491 e. The summed E-state index contributed by atoms with van der Waals surface area (Å²) < 4.78 is 104. The number of nitrogens with zero attached hydrogens (tertiary/aromatic N) is 4. The van der Waals surface area contributed by atoms with Gasteiger partial charge < -0.3 is 10.0 Å². The zero-order chi connectivity index (χ0) is 19.4. The molecule has 0 aliphatic rings. The minimum atomic E-state index is -6.31. The SMILES string of the molecule is Cn1nc(C(F)(F)C(F)(F)F)c(C(F)(F)F)c1-n1cc(B(O)O)cn1. The molecule has 0 fully saturated rings. The van der Waals surface area contributed by atoms with Gasteiger partial charge in [-0.1, -0.05) is 0 Å². The van der Waals surface area contributed by atoms with E-state index in [0.29, 0.717) is 19.4 Å². The van der Waals surface area contributed by atoms with Crippen molar-refractivity contribution in [3.8, 4) is 5.82 Å². The molecule has 2 aromatic heterocycles. The molecule has 15 heteroatoms. The van der Waals surface area contributed by atoms with E-state index in [2.05, 4.69) is 10.2 Å². The summed E-state index contributed by atoms with van der Waals surface area (Å²) in [4.78, 5) is 0. The molecule has 138 valence electrons. The van der Waals surface area contributed by atoms with Gasteiger partial charge in [0.1, 0.15) is 5.56 Å². The van der Waals surface area contributed by atoms with Crippen molar-refractivity contribution in [2.24, 2.45) is 7.05 Å². The Morgan fingerprint density at radius 3 is 2.00 bits per heavy atom. The molecule has 0 saturated carbocycles. The van der Waals surface area contributed by atoms with Crippen LogP contribution in [0.2, 0.25) is 0 Å². The predicted octanol–water partition coefficient (Wildman–Crippen LogP) is 0.958. The summed E-state index contributed by atoms with van der Waals surface area (Å²) in [5, 5.41) is 23.8. The van der Waals surface area contributed by atoms with E-state index in [4.69, 9.17) is 10.0 Å². The molecular formula is C10H7BF8N4O2. The molecule has 0 bridgehead atoms. The summed E-state index contributed by atoms with van der Waals surface area (Å²) >= 11 is 0. The Hall–Kier alpha value is -2.16. The van der Waals surface area contributed by atoms with Crippen LogP contribution in [0.15, 0.2) is 12.4 Å². The Morgan fingerprint density at radius 2 is 1.60 bits per heavy atom. The molecular weight excluding hydrogens is 371 g/mol. The van der Waals surface area contributed by atoms with Crippen molar-refractivity contribution in [1.82, 2.24) is 19.6 Å². The van der Waals surface area contributed by atoms with Gasteiger partial charge >= 0.3 is 25.4 Å². The van der Waals surface area contributed by atoms with Crippen LogP contribution in [0.1, 0.15) is 11.3 Å². The average molecular weight is 378 g/mol. The zero-order valence-electron chi connectivity index (χ0n) is 11.9. The van der Waals surface area contributed by atoms with Crippen molar-refractivity contribution in [2.75, 3.05) is 0 Å².